The Labute approximate surface area is 114 Å². The van der Waals surface area contributed by atoms with E-state index in [1.165, 1.54) is 4.31 Å². The highest BCUT2D eigenvalue weighted by molar-refractivity contribution is 7.89. The van der Waals surface area contributed by atoms with Crippen LogP contribution in [0.2, 0.25) is 0 Å². The molecule has 0 amide bonds. The van der Waals surface area contributed by atoms with Crippen molar-refractivity contribution in [3.8, 4) is 6.07 Å². The van der Waals surface area contributed by atoms with Gasteiger partial charge >= 0.3 is 0 Å². The molecule has 1 saturated heterocycles. The predicted octanol–water partition coefficient (Wildman–Crippen LogP) is 1.79. The minimum Gasteiger partial charge on any atom is -0.212 e. The van der Waals surface area contributed by atoms with E-state index in [1.54, 1.807) is 0 Å². The van der Waals surface area contributed by atoms with E-state index in [-0.39, 0.29) is 11.7 Å². The van der Waals surface area contributed by atoms with Gasteiger partial charge in [-0.05, 0) is 24.8 Å². The van der Waals surface area contributed by atoms with Crippen molar-refractivity contribution in [2.45, 2.75) is 19.3 Å². The van der Waals surface area contributed by atoms with Crippen LogP contribution in [0.25, 0.3) is 0 Å². The van der Waals surface area contributed by atoms with Crippen molar-refractivity contribution in [2.24, 2.45) is 5.92 Å². The summed E-state index contributed by atoms with van der Waals surface area (Å²) in [4.78, 5) is 0. The number of piperidine rings is 1. The van der Waals surface area contributed by atoms with Crippen LogP contribution in [0.4, 0.5) is 0 Å². The molecule has 1 aromatic rings. The predicted molar refractivity (Wildman–Crippen MR) is 73.8 cm³/mol. The quantitative estimate of drug-likeness (QED) is 0.843. The molecule has 1 aliphatic heterocycles. The van der Waals surface area contributed by atoms with Gasteiger partial charge in [-0.2, -0.15) is 5.26 Å². The minimum absolute atomic E-state index is 0.120. The zero-order valence-corrected chi connectivity index (χ0v) is 11.6. The average molecular weight is 278 g/mol. The van der Waals surface area contributed by atoms with Crippen molar-refractivity contribution < 1.29 is 8.42 Å². The van der Waals surface area contributed by atoms with Gasteiger partial charge in [0.2, 0.25) is 10.0 Å². The molecule has 2 rings (SSSR count). The number of aryl methyl sites for hydroxylation is 1. The lowest BCUT2D eigenvalue weighted by Gasteiger charge is -2.28. The lowest BCUT2D eigenvalue weighted by molar-refractivity contribution is 0.305. The molecule has 19 heavy (non-hydrogen) atoms. The Morgan fingerprint density at radius 3 is 2.74 bits per heavy atom. The number of rotatable bonds is 4. The van der Waals surface area contributed by atoms with E-state index in [2.05, 4.69) is 6.07 Å². The van der Waals surface area contributed by atoms with E-state index in [0.717, 1.165) is 18.4 Å². The Morgan fingerprint density at radius 2 is 2.05 bits per heavy atom. The summed E-state index contributed by atoms with van der Waals surface area (Å²) < 4.78 is 26.0. The third-order valence-electron chi connectivity index (χ3n) is 3.45. The van der Waals surface area contributed by atoms with Gasteiger partial charge in [0.05, 0.1) is 17.7 Å². The molecule has 0 aromatic heterocycles. The van der Waals surface area contributed by atoms with Gasteiger partial charge in [-0.3, -0.25) is 0 Å². The smallest absolute Gasteiger partial charge is 0.212 e. The summed E-state index contributed by atoms with van der Waals surface area (Å²) in [5, 5.41) is 8.91. The Hall–Kier alpha value is -1.38. The molecule has 0 bridgehead atoms. The van der Waals surface area contributed by atoms with Gasteiger partial charge in [0, 0.05) is 13.1 Å². The molecule has 1 atom stereocenters. The number of nitrogens with zero attached hydrogens (tertiary/aromatic N) is 2. The monoisotopic (exact) mass is 278 g/mol. The van der Waals surface area contributed by atoms with Crippen molar-refractivity contribution in [1.82, 2.24) is 4.31 Å². The van der Waals surface area contributed by atoms with Gasteiger partial charge in [0.25, 0.3) is 0 Å². The van der Waals surface area contributed by atoms with E-state index in [9.17, 15) is 8.42 Å². The van der Waals surface area contributed by atoms with Crippen LogP contribution in [0, 0.1) is 17.2 Å². The summed E-state index contributed by atoms with van der Waals surface area (Å²) in [5.41, 5.74) is 1.03. The Morgan fingerprint density at radius 1 is 1.32 bits per heavy atom. The van der Waals surface area contributed by atoms with E-state index in [4.69, 9.17) is 5.26 Å². The van der Waals surface area contributed by atoms with Crippen molar-refractivity contribution >= 4 is 10.0 Å². The molecular weight excluding hydrogens is 260 g/mol. The molecule has 102 valence electrons. The molecule has 0 N–H and O–H groups in total. The summed E-state index contributed by atoms with van der Waals surface area (Å²) in [6, 6.07) is 11.8. The largest absolute Gasteiger partial charge is 0.214 e. The van der Waals surface area contributed by atoms with Crippen molar-refractivity contribution in [3.05, 3.63) is 35.9 Å². The maximum absolute atomic E-state index is 12.2. The molecule has 0 spiro atoms. The molecule has 0 aliphatic carbocycles. The third-order valence-corrected chi connectivity index (χ3v) is 5.29. The number of nitriles is 1. The van der Waals surface area contributed by atoms with Gasteiger partial charge in [-0.1, -0.05) is 30.3 Å². The first-order valence-corrected chi connectivity index (χ1v) is 8.14. The molecule has 0 radical (unpaired) electrons. The summed E-state index contributed by atoms with van der Waals surface area (Å²) >= 11 is 0. The SMILES string of the molecule is N#CC1CCCN(S(=O)(=O)CCc2ccccc2)C1. The molecule has 0 saturated carbocycles. The van der Waals surface area contributed by atoms with Gasteiger partial charge in [-0.15, -0.1) is 0 Å². The highest BCUT2D eigenvalue weighted by Gasteiger charge is 2.28. The molecule has 1 aromatic carbocycles. The zero-order chi connectivity index (χ0) is 13.7. The summed E-state index contributed by atoms with van der Waals surface area (Å²) in [7, 11) is -3.24. The topological polar surface area (TPSA) is 61.2 Å². The third kappa shape index (κ3) is 3.79. The fourth-order valence-corrected chi connectivity index (χ4v) is 3.89. The van der Waals surface area contributed by atoms with Crippen LogP contribution in [0.5, 0.6) is 0 Å². The molecular formula is C14H18N2O2S. The minimum atomic E-state index is -3.24. The van der Waals surface area contributed by atoms with E-state index in [0.29, 0.717) is 19.5 Å². The summed E-state index contributed by atoms with van der Waals surface area (Å²) in [6.07, 6.45) is 2.11. The lowest BCUT2D eigenvalue weighted by Crippen LogP contribution is -2.41. The van der Waals surface area contributed by atoms with Gasteiger partial charge in [0.1, 0.15) is 0 Å². The van der Waals surface area contributed by atoms with Crippen LogP contribution in [0.1, 0.15) is 18.4 Å². The molecule has 4 nitrogen and oxygen atoms in total. The number of benzene rings is 1. The second kappa shape index (κ2) is 6.18. The summed E-state index contributed by atoms with van der Waals surface area (Å²) in [5.74, 6) is -0.0323. The zero-order valence-electron chi connectivity index (χ0n) is 10.8. The first-order valence-electron chi connectivity index (χ1n) is 6.53. The maximum atomic E-state index is 12.2. The number of hydrogen-bond acceptors (Lipinski definition) is 3. The molecule has 1 fully saturated rings. The van der Waals surface area contributed by atoms with Crippen LogP contribution in [0.15, 0.2) is 30.3 Å². The Kier molecular flexibility index (Phi) is 4.56. The highest BCUT2D eigenvalue weighted by atomic mass is 32.2. The van der Waals surface area contributed by atoms with Gasteiger partial charge < -0.3 is 0 Å². The van der Waals surface area contributed by atoms with E-state index >= 15 is 0 Å². The highest BCUT2D eigenvalue weighted by Crippen LogP contribution is 2.19. The molecule has 1 heterocycles. The lowest BCUT2D eigenvalue weighted by atomic mass is 10.0. The van der Waals surface area contributed by atoms with Crippen LogP contribution in [-0.4, -0.2) is 31.6 Å². The molecule has 5 heteroatoms. The summed E-state index contributed by atoms with van der Waals surface area (Å²) in [6.45, 7) is 0.906. The van der Waals surface area contributed by atoms with Crippen molar-refractivity contribution in [1.29, 1.82) is 5.26 Å². The normalized spacial score (nSPS) is 20.9. The standard InChI is InChI=1S/C14H18N2O2S/c15-11-14-7-4-9-16(12-14)19(17,18)10-8-13-5-2-1-3-6-13/h1-3,5-6,14H,4,7-10,12H2. The first-order chi connectivity index (χ1) is 9.12. The van der Waals surface area contributed by atoms with E-state index in [1.807, 2.05) is 30.3 Å². The second-order valence-corrected chi connectivity index (χ2v) is 6.97. The number of sulfonamides is 1. The molecule has 1 aliphatic rings. The van der Waals surface area contributed by atoms with E-state index < -0.39 is 10.0 Å². The number of hydrogen-bond donors (Lipinski definition) is 0. The fraction of sp³-hybridized carbons (Fsp3) is 0.500. The first kappa shape index (κ1) is 14.0. The Balaban J connectivity index is 1.97. The van der Waals surface area contributed by atoms with Crippen molar-refractivity contribution in [2.75, 3.05) is 18.8 Å². The van der Waals surface area contributed by atoms with Crippen molar-refractivity contribution in [3.63, 3.8) is 0 Å². The van der Waals surface area contributed by atoms with Gasteiger partial charge in [0.15, 0.2) is 0 Å². The fourth-order valence-electron chi connectivity index (χ4n) is 2.32. The van der Waals surface area contributed by atoms with Crippen LogP contribution in [-0.2, 0) is 16.4 Å². The van der Waals surface area contributed by atoms with Crippen LogP contribution >= 0.6 is 0 Å². The second-order valence-electron chi connectivity index (χ2n) is 4.88. The average Bonchev–Trinajstić information content (AvgIpc) is 2.46. The maximum Gasteiger partial charge on any atom is 0.214 e. The molecule has 1 unspecified atom stereocenters. The van der Waals surface area contributed by atoms with Crippen LogP contribution in [0.3, 0.4) is 0 Å². The van der Waals surface area contributed by atoms with Gasteiger partial charge in [-0.25, -0.2) is 12.7 Å². The van der Waals surface area contributed by atoms with Crippen LogP contribution < -0.4 is 0 Å². The Bertz CT molecular complexity index is 549.